The molecule has 1 aromatic rings. The fraction of sp³-hybridized carbons (Fsp3) is 0.538. The predicted molar refractivity (Wildman–Crippen MR) is 65.7 cm³/mol. The Morgan fingerprint density at radius 1 is 1.11 bits per heavy atom. The first-order valence-corrected chi connectivity index (χ1v) is 5.94. The van der Waals surface area contributed by atoms with E-state index in [9.17, 15) is 18.3 Å². The molecule has 0 aliphatic heterocycles. The Morgan fingerprint density at radius 2 is 1.68 bits per heavy atom. The highest BCUT2D eigenvalue weighted by Gasteiger charge is 2.38. The number of benzene rings is 1. The summed E-state index contributed by atoms with van der Waals surface area (Å²) in [5, 5.41) is 18.7. The third-order valence-corrected chi connectivity index (χ3v) is 2.70. The van der Waals surface area contributed by atoms with Gasteiger partial charge in [-0.2, -0.15) is 13.2 Å². The van der Waals surface area contributed by atoms with E-state index in [2.05, 4.69) is 0 Å². The van der Waals surface area contributed by atoms with E-state index in [1.807, 2.05) is 30.3 Å². The van der Waals surface area contributed by atoms with E-state index in [4.69, 9.17) is 5.11 Å². The maximum atomic E-state index is 12.2. The van der Waals surface area contributed by atoms with Gasteiger partial charge in [0.05, 0.1) is 6.10 Å². The zero-order valence-corrected chi connectivity index (χ0v) is 10.6. The minimum atomic E-state index is -4.63. The number of likely N-dealkylation sites (N-methyl/N-ethyl adjacent to an activating group) is 1. The van der Waals surface area contributed by atoms with Crippen LogP contribution in [-0.4, -0.2) is 53.6 Å². The molecule has 2 unspecified atom stereocenters. The van der Waals surface area contributed by atoms with E-state index < -0.39 is 24.9 Å². The number of hydrogen-bond acceptors (Lipinski definition) is 3. The second kappa shape index (κ2) is 6.88. The third-order valence-electron chi connectivity index (χ3n) is 2.70. The van der Waals surface area contributed by atoms with Gasteiger partial charge in [0.15, 0.2) is 6.10 Å². The van der Waals surface area contributed by atoms with Crippen LogP contribution in [-0.2, 0) is 6.42 Å². The molecule has 0 fully saturated rings. The van der Waals surface area contributed by atoms with Crippen molar-refractivity contribution in [3.63, 3.8) is 0 Å². The molecule has 1 rings (SSSR count). The highest BCUT2D eigenvalue weighted by Crippen LogP contribution is 2.20. The van der Waals surface area contributed by atoms with Gasteiger partial charge in [0.1, 0.15) is 0 Å². The van der Waals surface area contributed by atoms with Crippen molar-refractivity contribution < 1.29 is 23.4 Å². The summed E-state index contributed by atoms with van der Waals surface area (Å²) in [7, 11) is 1.43. The third kappa shape index (κ3) is 6.04. The molecule has 0 spiro atoms. The Bertz CT molecular complexity index is 370. The molecule has 19 heavy (non-hydrogen) atoms. The molecular formula is C13H18F3NO2. The van der Waals surface area contributed by atoms with Crippen LogP contribution >= 0.6 is 0 Å². The van der Waals surface area contributed by atoms with E-state index in [0.717, 1.165) is 5.56 Å². The summed E-state index contributed by atoms with van der Waals surface area (Å²) < 4.78 is 36.5. The fourth-order valence-corrected chi connectivity index (χ4v) is 1.78. The molecule has 0 aromatic heterocycles. The van der Waals surface area contributed by atoms with Crippen LogP contribution in [0.2, 0.25) is 0 Å². The number of halogens is 3. The number of hydrogen-bond donors (Lipinski definition) is 2. The van der Waals surface area contributed by atoms with Gasteiger partial charge in [0, 0.05) is 13.1 Å². The highest BCUT2D eigenvalue weighted by atomic mass is 19.4. The molecular weight excluding hydrogens is 259 g/mol. The van der Waals surface area contributed by atoms with Crippen LogP contribution in [0.5, 0.6) is 0 Å². The lowest BCUT2D eigenvalue weighted by molar-refractivity contribution is -0.207. The molecule has 0 aliphatic carbocycles. The van der Waals surface area contributed by atoms with Crippen LogP contribution in [0.25, 0.3) is 0 Å². The van der Waals surface area contributed by atoms with E-state index in [0.29, 0.717) is 6.42 Å². The van der Waals surface area contributed by atoms with Gasteiger partial charge in [0.25, 0.3) is 0 Å². The zero-order chi connectivity index (χ0) is 14.5. The van der Waals surface area contributed by atoms with Crippen molar-refractivity contribution >= 4 is 0 Å². The Labute approximate surface area is 110 Å². The van der Waals surface area contributed by atoms with Gasteiger partial charge in [-0.25, -0.2) is 0 Å². The van der Waals surface area contributed by atoms with Crippen molar-refractivity contribution in [3.05, 3.63) is 35.9 Å². The molecule has 1 aromatic carbocycles. The van der Waals surface area contributed by atoms with Crippen molar-refractivity contribution in [2.24, 2.45) is 0 Å². The average molecular weight is 277 g/mol. The predicted octanol–water partition coefficient (Wildman–Crippen LogP) is 1.45. The maximum Gasteiger partial charge on any atom is 0.415 e. The number of alkyl halides is 3. The lowest BCUT2D eigenvalue weighted by Crippen LogP contribution is -2.42. The van der Waals surface area contributed by atoms with Crippen molar-refractivity contribution in [1.82, 2.24) is 4.90 Å². The van der Waals surface area contributed by atoms with Crippen LogP contribution in [0.15, 0.2) is 30.3 Å². The zero-order valence-electron chi connectivity index (χ0n) is 10.6. The van der Waals surface area contributed by atoms with Gasteiger partial charge < -0.3 is 15.1 Å². The summed E-state index contributed by atoms with van der Waals surface area (Å²) in [5.41, 5.74) is 0.916. The average Bonchev–Trinajstić information content (AvgIpc) is 2.28. The minimum absolute atomic E-state index is 0.0715. The van der Waals surface area contributed by atoms with Gasteiger partial charge in [-0.3, -0.25) is 0 Å². The molecule has 6 heteroatoms. The van der Waals surface area contributed by atoms with Gasteiger partial charge in [0.2, 0.25) is 0 Å². The second-order valence-corrected chi connectivity index (χ2v) is 4.62. The first-order valence-electron chi connectivity index (χ1n) is 5.94. The molecule has 2 N–H and O–H groups in total. The summed E-state index contributed by atoms with van der Waals surface area (Å²) in [6.45, 7) is -0.475. The summed E-state index contributed by atoms with van der Waals surface area (Å²) in [6, 6.07) is 9.20. The molecule has 2 atom stereocenters. The SMILES string of the molecule is CN(CC(O)Cc1ccccc1)CC(O)C(F)(F)F. The van der Waals surface area contributed by atoms with Crippen LogP contribution in [0, 0.1) is 0 Å². The van der Waals surface area contributed by atoms with Crippen LogP contribution in [0.3, 0.4) is 0 Å². The molecule has 0 saturated carbocycles. The summed E-state index contributed by atoms with van der Waals surface area (Å²) in [5.74, 6) is 0. The number of aliphatic hydroxyl groups is 2. The Hall–Kier alpha value is -1.11. The Kier molecular flexibility index (Phi) is 5.78. The molecule has 0 amide bonds. The maximum absolute atomic E-state index is 12.2. The van der Waals surface area contributed by atoms with Crippen LogP contribution in [0.4, 0.5) is 13.2 Å². The standard InChI is InChI=1S/C13H18F3NO2/c1-17(9-12(19)13(14,15)16)8-11(18)7-10-5-3-2-4-6-10/h2-6,11-12,18-19H,7-9H2,1H3. The summed E-state index contributed by atoms with van der Waals surface area (Å²) in [6.07, 6.45) is -7.42. The first-order chi connectivity index (χ1) is 8.79. The summed E-state index contributed by atoms with van der Waals surface area (Å²) >= 11 is 0. The number of nitrogens with zero attached hydrogens (tertiary/aromatic N) is 1. The quantitative estimate of drug-likeness (QED) is 0.827. The Morgan fingerprint density at radius 3 is 2.21 bits per heavy atom. The van der Waals surface area contributed by atoms with E-state index in [1.54, 1.807) is 0 Å². The van der Waals surface area contributed by atoms with Crippen molar-refractivity contribution in [2.45, 2.75) is 24.8 Å². The summed E-state index contributed by atoms with van der Waals surface area (Å²) in [4.78, 5) is 1.27. The number of rotatable bonds is 6. The lowest BCUT2D eigenvalue weighted by atomic mass is 10.1. The van der Waals surface area contributed by atoms with Crippen molar-refractivity contribution in [2.75, 3.05) is 20.1 Å². The second-order valence-electron chi connectivity index (χ2n) is 4.62. The van der Waals surface area contributed by atoms with Gasteiger partial charge in [-0.05, 0) is 19.0 Å². The fourth-order valence-electron chi connectivity index (χ4n) is 1.78. The smallest absolute Gasteiger partial charge is 0.391 e. The van der Waals surface area contributed by atoms with Crippen molar-refractivity contribution in [1.29, 1.82) is 0 Å². The normalized spacial score (nSPS) is 15.5. The topological polar surface area (TPSA) is 43.7 Å². The largest absolute Gasteiger partial charge is 0.415 e. The molecule has 108 valence electrons. The monoisotopic (exact) mass is 277 g/mol. The molecule has 0 radical (unpaired) electrons. The molecule has 0 saturated heterocycles. The van der Waals surface area contributed by atoms with E-state index >= 15 is 0 Å². The minimum Gasteiger partial charge on any atom is -0.391 e. The van der Waals surface area contributed by atoms with E-state index in [1.165, 1.54) is 11.9 Å². The van der Waals surface area contributed by atoms with Gasteiger partial charge in [-0.15, -0.1) is 0 Å². The van der Waals surface area contributed by atoms with E-state index in [-0.39, 0.29) is 6.54 Å². The van der Waals surface area contributed by atoms with Gasteiger partial charge in [-0.1, -0.05) is 30.3 Å². The molecule has 3 nitrogen and oxygen atoms in total. The number of aliphatic hydroxyl groups excluding tert-OH is 2. The first kappa shape index (κ1) is 15.9. The molecule has 0 heterocycles. The Balaban J connectivity index is 2.38. The van der Waals surface area contributed by atoms with Crippen LogP contribution in [0.1, 0.15) is 5.56 Å². The lowest BCUT2D eigenvalue weighted by Gasteiger charge is -2.24. The highest BCUT2D eigenvalue weighted by molar-refractivity contribution is 5.15. The van der Waals surface area contributed by atoms with Crippen molar-refractivity contribution in [3.8, 4) is 0 Å². The molecule has 0 aliphatic rings. The van der Waals surface area contributed by atoms with Gasteiger partial charge >= 0.3 is 6.18 Å². The molecule has 0 bridgehead atoms. The van der Waals surface area contributed by atoms with Crippen LogP contribution < -0.4 is 0 Å².